The smallest absolute Gasteiger partial charge is 0.170 e. The van der Waals surface area contributed by atoms with Gasteiger partial charge in [0.25, 0.3) is 0 Å². The monoisotopic (exact) mass is 412 g/mol. The molecule has 0 radical (unpaired) electrons. The summed E-state index contributed by atoms with van der Waals surface area (Å²) in [6, 6.07) is 25.7. The van der Waals surface area contributed by atoms with E-state index in [-0.39, 0.29) is 18.1 Å². The number of fused-ring (bicyclic) bond motifs is 1. The van der Waals surface area contributed by atoms with Gasteiger partial charge in [0.2, 0.25) is 0 Å². The number of thiocarbonyl (C=S) groups is 1. The quantitative estimate of drug-likeness (QED) is 0.455. The van der Waals surface area contributed by atoms with Crippen molar-refractivity contribution in [2.75, 3.05) is 0 Å². The van der Waals surface area contributed by atoms with Crippen LogP contribution in [0.1, 0.15) is 37.3 Å². The fourth-order valence-corrected chi connectivity index (χ4v) is 4.89. The molecule has 0 aliphatic carbocycles. The van der Waals surface area contributed by atoms with Crippen LogP contribution < -0.4 is 5.32 Å². The van der Waals surface area contributed by atoms with E-state index >= 15 is 0 Å². The van der Waals surface area contributed by atoms with Crippen molar-refractivity contribution in [2.24, 2.45) is 0 Å². The zero-order valence-corrected chi connectivity index (χ0v) is 17.9. The second kappa shape index (κ2) is 7.58. The topological polar surface area (TPSA) is 33.1 Å². The number of aromatic nitrogens is 2. The fourth-order valence-electron chi connectivity index (χ4n) is 4.43. The Morgan fingerprint density at radius 3 is 2.50 bits per heavy atom. The van der Waals surface area contributed by atoms with Crippen LogP contribution in [0, 0.1) is 0 Å². The highest BCUT2D eigenvalue weighted by Gasteiger charge is 2.42. The minimum absolute atomic E-state index is 0.00444. The van der Waals surface area contributed by atoms with Crippen molar-refractivity contribution in [3.63, 3.8) is 0 Å². The van der Waals surface area contributed by atoms with Gasteiger partial charge in [0.05, 0.1) is 17.8 Å². The van der Waals surface area contributed by atoms with E-state index < -0.39 is 0 Å². The molecule has 5 rings (SSSR count). The maximum absolute atomic E-state index is 5.75. The zero-order chi connectivity index (χ0) is 20.7. The summed E-state index contributed by atoms with van der Waals surface area (Å²) >= 11 is 5.75. The van der Waals surface area contributed by atoms with Crippen molar-refractivity contribution < 1.29 is 0 Å². The van der Waals surface area contributed by atoms with Crippen molar-refractivity contribution in [1.82, 2.24) is 19.8 Å². The Morgan fingerprint density at radius 2 is 1.73 bits per heavy atom. The maximum Gasteiger partial charge on any atom is 0.170 e. The molecule has 0 amide bonds. The van der Waals surface area contributed by atoms with E-state index in [1.807, 2.05) is 18.3 Å². The van der Waals surface area contributed by atoms with Crippen LogP contribution in [0.4, 0.5) is 0 Å². The first-order chi connectivity index (χ1) is 14.6. The lowest BCUT2D eigenvalue weighted by atomic mass is 10.00. The van der Waals surface area contributed by atoms with Crippen LogP contribution in [0.3, 0.4) is 0 Å². The largest absolute Gasteiger partial charge is 0.352 e. The Hall–Kier alpha value is -3.18. The van der Waals surface area contributed by atoms with Crippen molar-refractivity contribution in [1.29, 1.82) is 0 Å². The van der Waals surface area contributed by atoms with Gasteiger partial charge in [-0.15, -0.1) is 0 Å². The van der Waals surface area contributed by atoms with Gasteiger partial charge in [-0.2, -0.15) is 0 Å². The summed E-state index contributed by atoms with van der Waals surface area (Å²) in [7, 11) is 0. The van der Waals surface area contributed by atoms with Crippen LogP contribution in [0.25, 0.3) is 16.5 Å². The van der Waals surface area contributed by atoms with E-state index in [1.165, 1.54) is 16.5 Å². The van der Waals surface area contributed by atoms with E-state index in [0.717, 1.165) is 16.5 Å². The summed E-state index contributed by atoms with van der Waals surface area (Å²) in [5.74, 6) is 0. The van der Waals surface area contributed by atoms with Gasteiger partial charge < -0.3 is 14.8 Å². The van der Waals surface area contributed by atoms with Gasteiger partial charge in [-0.3, -0.25) is 4.98 Å². The first-order valence-electron chi connectivity index (χ1n) is 10.3. The maximum atomic E-state index is 5.75. The molecule has 150 valence electrons. The molecule has 0 saturated carbocycles. The number of hydrogen-bond donors (Lipinski definition) is 1. The lowest BCUT2D eigenvalue weighted by Gasteiger charge is -2.31. The SMILES string of the molecule is CC(C)N1C(=S)N[C@H](c2ccccn2)[C@@H]1c1cccn1-c1ccc2ccccc2c1. The molecule has 4 aromatic rings. The van der Waals surface area contributed by atoms with Gasteiger partial charge in [-0.1, -0.05) is 36.4 Å². The lowest BCUT2D eigenvalue weighted by molar-refractivity contribution is 0.262. The number of hydrogen-bond acceptors (Lipinski definition) is 2. The van der Waals surface area contributed by atoms with Crippen LogP contribution in [-0.2, 0) is 0 Å². The average Bonchev–Trinajstić information content (AvgIpc) is 3.38. The third kappa shape index (κ3) is 3.15. The molecule has 0 bridgehead atoms. The Kier molecular flexibility index (Phi) is 4.75. The predicted octanol–water partition coefficient (Wildman–Crippen LogP) is 5.41. The zero-order valence-electron chi connectivity index (χ0n) is 17.1. The highest BCUT2D eigenvalue weighted by Crippen LogP contribution is 2.40. The molecule has 2 aromatic carbocycles. The molecule has 1 saturated heterocycles. The summed E-state index contributed by atoms with van der Waals surface area (Å²) in [5, 5.41) is 6.78. The molecule has 1 N–H and O–H groups in total. The van der Waals surface area contributed by atoms with Crippen LogP contribution in [0.15, 0.2) is 85.2 Å². The van der Waals surface area contributed by atoms with Crippen LogP contribution in [-0.4, -0.2) is 25.6 Å². The lowest BCUT2D eigenvalue weighted by Crippen LogP contribution is -2.36. The highest BCUT2D eigenvalue weighted by atomic mass is 32.1. The second-order valence-corrected chi connectivity index (χ2v) is 8.35. The van der Waals surface area contributed by atoms with E-state index in [2.05, 4.69) is 100 Å². The Balaban J connectivity index is 1.64. The van der Waals surface area contributed by atoms with Gasteiger partial charge in [-0.25, -0.2) is 0 Å². The molecule has 1 aliphatic rings. The summed E-state index contributed by atoms with van der Waals surface area (Å²) < 4.78 is 2.28. The number of nitrogens with one attached hydrogen (secondary N) is 1. The minimum Gasteiger partial charge on any atom is -0.352 e. The molecule has 0 spiro atoms. The Morgan fingerprint density at radius 1 is 0.933 bits per heavy atom. The van der Waals surface area contributed by atoms with Crippen molar-refractivity contribution in [3.05, 3.63) is 96.6 Å². The van der Waals surface area contributed by atoms with E-state index in [0.29, 0.717) is 0 Å². The van der Waals surface area contributed by atoms with Crippen molar-refractivity contribution in [2.45, 2.75) is 32.0 Å². The highest BCUT2D eigenvalue weighted by molar-refractivity contribution is 7.80. The number of benzene rings is 2. The summed E-state index contributed by atoms with van der Waals surface area (Å²) in [4.78, 5) is 6.93. The fraction of sp³-hybridized carbons (Fsp3) is 0.200. The van der Waals surface area contributed by atoms with Gasteiger partial charge in [0.15, 0.2) is 5.11 Å². The summed E-state index contributed by atoms with van der Waals surface area (Å²) in [6.45, 7) is 4.37. The third-order valence-electron chi connectivity index (χ3n) is 5.79. The molecule has 3 heterocycles. The number of rotatable bonds is 4. The first-order valence-corrected chi connectivity index (χ1v) is 10.7. The summed E-state index contributed by atoms with van der Waals surface area (Å²) in [6.07, 6.45) is 3.98. The van der Waals surface area contributed by atoms with E-state index in [4.69, 9.17) is 12.2 Å². The van der Waals surface area contributed by atoms with Gasteiger partial charge in [-0.05, 0) is 73.2 Å². The number of nitrogens with zero attached hydrogens (tertiary/aromatic N) is 3. The van der Waals surface area contributed by atoms with E-state index in [1.54, 1.807) is 0 Å². The van der Waals surface area contributed by atoms with Crippen molar-refractivity contribution >= 4 is 28.1 Å². The van der Waals surface area contributed by atoms with Crippen LogP contribution in [0.5, 0.6) is 0 Å². The van der Waals surface area contributed by atoms with Crippen LogP contribution in [0.2, 0.25) is 0 Å². The van der Waals surface area contributed by atoms with Crippen LogP contribution >= 0.6 is 12.2 Å². The van der Waals surface area contributed by atoms with Gasteiger partial charge in [0, 0.05) is 29.8 Å². The molecule has 4 nitrogen and oxygen atoms in total. The second-order valence-electron chi connectivity index (χ2n) is 7.96. The standard InChI is InChI=1S/C25H24N4S/c1-17(2)29-24(23(27-25(29)30)21-10-5-6-14-26-21)22-11-7-15-28(22)20-13-12-18-8-3-4-9-19(18)16-20/h3-17,23-24H,1-2H3,(H,27,30)/t23-,24+/m1/s1. The molecule has 1 aliphatic heterocycles. The molecular formula is C25H24N4S. The Labute approximate surface area is 182 Å². The van der Waals surface area contributed by atoms with E-state index in [9.17, 15) is 0 Å². The molecule has 2 aromatic heterocycles. The molecule has 5 heteroatoms. The Bertz CT molecular complexity index is 1200. The van der Waals surface area contributed by atoms with Gasteiger partial charge >= 0.3 is 0 Å². The van der Waals surface area contributed by atoms with Gasteiger partial charge in [0.1, 0.15) is 0 Å². The normalized spacial score (nSPS) is 18.9. The molecule has 1 fully saturated rings. The minimum atomic E-state index is -0.00444. The molecule has 0 unspecified atom stereocenters. The first kappa shape index (κ1) is 18.8. The molecule has 2 atom stereocenters. The molecular weight excluding hydrogens is 388 g/mol. The van der Waals surface area contributed by atoms with Crippen molar-refractivity contribution in [3.8, 4) is 5.69 Å². The third-order valence-corrected chi connectivity index (χ3v) is 6.11. The number of pyridine rings is 1. The molecule has 30 heavy (non-hydrogen) atoms. The predicted molar refractivity (Wildman–Crippen MR) is 126 cm³/mol. The summed E-state index contributed by atoms with van der Waals surface area (Å²) in [5.41, 5.74) is 3.34. The average molecular weight is 413 g/mol.